The van der Waals surface area contributed by atoms with Gasteiger partial charge in [-0.3, -0.25) is 4.79 Å². The Kier molecular flexibility index (Phi) is 3.46. The highest BCUT2D eigenvalue weighted by Gasteiger charge is 2.48. The fourth-order valence-corrected chi connectivity index (χ4v) is 2.81. The van der Waals surface area contributed by atoms with Crippen LogP contribution < -0.4 is 10.6 Å². The van der Waals surface area contributed by atoms with Gasteiger partial charge in [-0.05, 0) is 32.7 Å². The molecule has 0 bridgehead atoms. The van der Waals surface area contributed by atoms with Gasteiger partial charge in [0, 0.05) is 23.4 Å². The zero-order chi connectivity index (χ0) is 12.6. The van der Waals surface area contributed by atoms with E-state index in [0.717, 1.165) is 19.4 Å². The van der Waals surface area contributed by atoms with Crippen LogP contribution in [0.4, 0.5) is 0 Å². The number of hydrogen-bond acceptors (Lipinski definition) is 3. The lowest BCUT2D eigenvalue weighted by Crippen LogP contribution is -2.62. The van der Waals surface area contributed by atoms with Crippen molar-refractivity contribution in [1.29, 1.82) is 0 Å². The van der Waals surface area contributed by atoms with Gasteiger partial charge in [-0.2, -0.15) is 0 Å². The molecule has 2 fully saturated rings. The van der Waals surface area contributed by atoms with E-state index in [1.54, 1.807) is 0 Å². The van der Waals surface area contributed by atoms with Crippen LogP contribution in [-0.4, -0.2) is 35.7 Å². The van der Waals surface area contributed by atoms with Crippen molar-refractivity contribution in [3.63, 3.8) is 0 Å². The summed E-state index contributed by atoms with van der Waals surface area (Å²) in [5.74, 6) is 0.308. The second-order valence-electron chi connectivity index (χ2n) is 6.21. The van der Waals surface area contributed by atoms with E-state index < -0.39 is 0 Å². The van der Waals surface area contributed by atoms with Crippen LogP contribution in [0.15, 0.2) is 0 Å². The molecule has 3 N–H and O–H groups in total. The minimum atomic E-state index is -0.278. The van der Waals surface area contributed by atoms with Crippen LogP contribution in [0, 0.1) is 11.3 Å². The smallest absolute Gasteiger partial charge is 0.223 e. The molecule has 0 aromatic rings. The molecule has 98 valence electrons. The highest BCUT2D eigenvalue weighted by molar-refractivity contribution is 5.79. The predicted octanol–water partition coefficient (Wildman–Crippen LogP) is 0.650. The quantitative estimate of drug-likeness (QED) is 0.664. The molecule has 1 saturated heterocycles. The van der Waals surface area contributed by atoms with Gasteiger partial charge in [0.2, 0.25) is 5.91 Å². The van der Waals surface area contributed by atoms with Gasteiger partial charge in [-0.1, -0.05) is 13.8 Å². The van der Waals surface area contributed by atoms with Gasteiger partial charge >= 0.3 is 0 Å². The first-order chi connectivity index (χ1) is 7.91. The summed E-state index contributed by atoms with van der Waals surface area (Å²) >= 11 is 0. The zero-order valence-electron chi connectivity index (χ0n) is 11.0. The number of piperidine rings is 1. The summed E-state index contributed by atoms with van der Waals surface area (Å²) in [4.78, 5) is 12.1. The predicted molar refractivity (Wildman–Crippen MR) is 66.5 cm³/mol. The van der Waals surface area contributed by atoms with Gasteiger partial charge in [0.25, 0.3) is 0 Å². The molecular formula is C13H24N2O2. The van der Waals surface area contributed by atoms with Crippen molar-refractivity contribution in [1.82, 2.24) is 10.6 Å². The first kappa shape index (κ1) is 12.8. The lowest BCUT2D eigenvalue weighted by Gasteiger charge is -2.49. The maximum atomic E-state index is 12.1. The van der Waals surface area contributed by atoms with Crippen LogP contribution in [0.3, 0.4) is 0 Å². The standard InChI is InChI=1S/C13H24N2O2/c1-8-6-9(4-5-14-8)12(17)15-10-7-11(16)13(10,2)3/h8-11,14,16H,4-7H2,1-3H3,(H,15,17). The minimum Gasteiger partial charge on any atom is -0.392 e. The van der Waals surface area contributed by atoms with Gasteiger partial charge in [0.15, 0.2) is 0 Å². The van der Waals surface area contributed by atoms with Crippen molar-refractivity contribution in [2.75, 3.05) is 6.54 Å². The van der Waals surface area contributed by atoms with E-state index in [2.05, 4.69) is 17.6 Å². The van der Waals surface area contributed by atoms with Gasteiger partial charge in [0.05, 0.1) is 6.10 Å². The number of rotatable bonds is 2. The topological polar surface area (TPSA) is 61.4 Å². The van der Waals surface area contributed by atoms with Crippen molar-refractivity contribution in [2.24, 2.45) is 11.3 Å². The molecule has 1 aliphatic carbocycles. The lowest BCUT2D eigenvalue weighted by atomic mass is 9.64. The van der Waals surface area contributed by atoms with Crippen molar-refractivity contribution in [3.8, 4) is 0 Å². The van der Waals surface area contributed by atoms with Crippen molar-refractivity contribution in [3.05, 3.63) is 0 Å². The summed E-state index contributed by atoms with van der Waals surface area (Å²) in [6, 6.07) is 0.565. The molecule has 0 aromatic heterocycles. The molecule has 1 heterocycles. The third-order valence-electron chi connectivity index (χ3n) is 4.53. The molecule has 2 aliphatic rings. The maximum absolute atomic E-state index is 12.1. The Labute approximate surface area is 103 Å². The van der Waals surface area contributed by atoms with Gasteiger partial charge in [-0.15, -0.1) is 0 Å². The van der Waals surface area contributed by atoms with Crippen LogP contribution in [0.2, 0.25) is 0 Å². The second kappa shape index (κ2) is 4.58. The van der Waals surface area contributed by atoms with E-state index in [0.29, 0.717) is 12.5 Å². The molecule has 4 heteroatoms. The highest BCUT2D eigenvalue weighted by Crippen LogP contribution is 2.40. The Morgan fingerprint density at radius 1 is 1.41 bits per heavy atom. The molecule has 4 unspecified atom stereocenters. The largest absolute Gasteiger partial charge is 0.392 e. The summed E-state index contributed by atoms with van der Waals surface area (Å²) in [6.45, 7) is 7.07. The van der Waals surface area contributed by atoms with E-state index in [4.69, 9.17) is 0 Å². The van der Waals surface area contributed by atoms with Crippen molar-refractivity contribution >= 4 is 5.91 Å². The SMILES string of the molecule is CC1CC(C(=O)NC2CC(O)C2(C)C)CCN1. The Morgan fingerprint density at radius 2 is 2.12 bits per heavy atom. The maximum Gasteiger partial charge on any atom is 0.223 e. The third kappa shape index (κ3) is 2.47. The molecular weight excluding hydrogens is 216 g/mol. The van der Waals surface area contributed by atoms with E-state index in [1.165, 1.54) is 0 Å². The molecule has 4 nitrogen and oxygen atoms in total. The number of amides is 1. The number of hydrogen-bond donors (Lipinski definition) is 3. The number of aliphatic hydroxyl groups is 1. The Bertz CT molecular complexity index is 304. The van der Waals surface area contributed by atoms with Gasteiger partial charge in [0.1, 0.15) is 0 Å². The highest BCUT2D eigenvalue weighted by atomic mass is 16.3. The zero-order valence-corrected chi connectivity index (χ0v) is 11.0. The monoisotopic (exact) mass is 240 g/mol. The second-order valence-corrected chi connectivity index (χ2v) is 6.21. The summed E-state index contributed by atoms with van der Waals surface area (Å²) in [6.07, 6.45) is 2.26. The lowest BCUT2D eigenvalue weighted by molar-refractivity contribution is -0.134. The molecule has 4 atom stereocenters. The number of carbonyl (C=O) groups excluding carboxylic acids is 1. The average Bonchev–Trinajstić information content (AvgIpc) is 2.28. The van der Waals surface area contributed by atoms with Crippen LogP contribution in [-0.2, 0) is 4.79 Å². The normalized spacial score (nSPS) is 40.5. The summed E-state index contributed by atoms with van der Waals surface area (Å²) in [5.41, 5.74) is -0.172. The van der Waals surface area contributed by atoms with Crippen molar-refractivity contribution < 1.29 is 9.90 Å². The summed E-state index contributed by atoms with van der Waals surface area (Å²) in [5, 5.41) is 16.1. The van der Waals surface area contributed by atoms with Crippen LogP contribution >= 0.6 is 0 Å². The molecule has 0 aromatic carbocycles. The number of carbonyl (C=O) groups is 1. The molecule has 17 heavy (non-hydrogen) atoms. The van der Waals surface area contributed by atoms with Crippen molar-refractivity contribution in [2.45, 2.75) is 58.2 Å². The summed E-state index contributed by atoms with van der Waals surface area (Å²) in [7, 11) is 0. The van der Waals surface area contributed by atoms with Crippen LogP contribution in [0.5, 0.6) is 0 Å². The van der Waals surface area contributed by atoms with Crippen LogP contribution in [0.1, 0.15) is 40.0 Å². The molecule has 1 aliphatic heterocycles. The third-order valence-corrected chi connectivity index (χ3v) is 4.53. The van der Waals surface area contributed by atoms with E-state index >= 15 is 0 Å². The number of nitrogens with one attached hydrogen (secondary N) is 2. The fourth-order valence-electron chi connectivity index (χ4n) is 2.81. The Hall–Kier alpha value is -0.610. The van der Waals surface area contributed by atoms with Crippen LogP contribution in [0.25, 0.3) is 0 Å². The summed E-state index contributed by atoms with van der Waals surface area (Å²) < 4.78 is 0. The van der Waals surface area contributed by atoms with Gasteiger partial charge in [-0.25, -0.2) is 0 Å². The molecule has 0 radical (unpaired) electrons. The van der Waals surface area contributed by atoms with E-state index in [1.807, 2.05) is 13.8 Å². The minimum absolute atomic E-state index is 0.134. The first-order valence-electron chi connectivity index (χ1n) is 6.63. The number of aliphatic hydroxyl groups excluding tert-OH is 1. The molecule has 1 saturated carbocycles. The molecule has 2 rings (SSSR count). The molecule has 0 spiro atoms. The Balaban J connectivity index is 1.85. The Morgan fingerprint density at radius 3 is 2.65 bits per heavy atom. The van der Waals surface area contributed by atoms with Gasteiger partial charge < -0.3 is 15.7 Å². The first-order valence-corrected chi connectivity index (χ1v) is 6.63. The molecule has 1 amide bonds. The fraction of sp³-hybridized carbons (Fsp3) is 0.923. The van der Waals surface area contributed by atoms with E-state index in [9.17, 15) is 9.90 Å². The average molecular weight is 240 g/mol. The van der Waals surface area contributed by atoms with E-state index in [-0.39, 0.29) is 29.4 Å².